The van der Waals surface area contributed by atoms with Gasteiger partial charge in [-0.25, -0.2) is 15.0 Å². The van der Waals surface area contributed by atoms with Crippen LogP contribution >= 0.6 is 11.3 Å². The summed E-state index contributed by atoms with van der Waals surface area (Å²) in [6.45, 7) is 0. The van der Waals surface area contributed by atoms with Gasteiger partial charge in [0.2, 0.25) is 0 Å². The number of thiophene rings is 1. The average molecular weight is 733 g/mol. The molecule has 0 saturated carbocycles. The third-order valence-corrected chi connectivity index (χ3v) is 12.2. The number of aromatic nitrogens is 4. The van der Waals surface area contributed by atoms with E-state index >= 15 is 0 Å². The summed E-state index contributed by atoms with van der Waals surface area (Å²) in [5.41, 5.74) is 6.72. The first-order valence-electron chi connectivity index (χ1n) is 18.6. The Balaban J connectivity index is 1.08. The Labute approximate surface area is 324 Å². The van der Waals surface area contributed by atoms with Crippen molar-refractivity contribution in [3.05, 3.63) is 170 Å². The van der Waals surface area contributed by atoms with Crippen molar-refractivity contribution in [3.63, 3.8) is 0 Å². The van der Waals surface area contributed by atoms with E-state index in [-0.39, 0.29) is 0 Å². The Morgan fingerprint density at radius 2 is 1.07 bits per heavy atom. The minimum atomic E-state index is 0.600. The highest BCUT2D eigenvalue weighted by atomic mass is 32.1. The molecular weight excluding hydrogens is 705 g/mol. The molecule has 0 fully saturated rings. The molecule has 0 saturated heterocycles. The summed E-state index contributed by atoms with van der Waals surface area (Å²) in [4.78, 5) is 20.2. The van der Waals surface area contributed by atoms with Crippen LogP contribution in [0.4, 0.5) is 0 Å². The number of pyridine rings is 1. The van der Waals surface area contributed by atoms with Gasteiger partial charge in [-0.3, -0.25) is 4.98 Å². The van der Waals surface area contributed by atoms with Crippen LogP contribution in [0.3, 0.4) is 0 Å². The standard InChI is InChI=1S/C50H28N4OS/c1-2-10-33-29(9-1)23-24-34-40-28-51-26-25-32(40)27-39(45(33)34)30-19-21-31(22-20-30)48-52-49(37-13-7-16-42-46(37)35-11-3-5-15-41(35)55-42)54-50(53-48)38-14-8-18-44-47(38)36-12-4-6-17-43(36)56-44/h1-28H. The molecule has 0 bridgehead atoms. The summed E-state index contributed by atoms with van der Waals surface area (Å²) in [5.74, 6) is 1.84. The highest BCUT2D eigenvalue weighted by Gasteiger charge is 2.20. The summed E-state index contributed by atoms with van der Waals surface area (Å²) in [5, 5.41) is 11.5. The maximum atomic E-state index is 6.31. The zero-order valence-corrected chi connectivity index (χ0v) is 30.6. The summed E-state index contributed by atoms with van der Waals surface area (Å²) in [6, 6.07) is 55.3. The number of hydrogen-bond donors (Lipinski definition) is 0. The van der Waals surface area contributed by atoms with Gasteiger partial charge in [-0.15, -0.1) is 11.3 Å². The number of hydrogen-bond acceptors (Lipinski definition) is 6. The van der Waals surface area contributed by atoms with Crippen LogP contribution < -0.4 is 0 Å². The third-order valence-electron chi connectivity index (χ3n) is 11.0. The van der Waals surface area contributed by atoms with Crippen molar-refractivity contribution in [2.75, 3.05) is 0 Å². The largest absolute Gasteiger partial charge is 0.456 e. The van der Waals surface area contributed by atoms with Crippen molar-refractivity contribution in [1.29, 1.82) is 0 Å². The molecule has 56 heavy (non-hydrogen) atoms. The Morgan fingerprint density at radius 3 is 1.95 bits per heavy atom. The lowest BCUT2D eigenvalue weighted by molar-refractivity contribution is 0.669. The fraction of sp³-hybridized carbons (Fsp3) is 0. The summed E-state index contributed by atoms with van der Waals surface area (Å²) in [7, 11) is 0. The second-order valence-corrected chi connectivity index (χ2v) is 15.3. The second kappa shape index (κ2) is 12.1. The number of rotatable bonds is 4. The SMILES string of the molecule is c1ccc2c(c1)ccc1c3cnccc3cc(-c3ccc(-c4nc(-c5cccc6oc7ccccc7c56)nc(-c5cccc6sc7ccccc7c56)n4)cc3)c21. The lowest BCUT2D eigenvalue weighted by Crippen LogP contribution is -2.00. The van der Waals surface area contributed by atoms with E-state index < -0.39 is 0 Å². The molecule has 0 radical (unpaired) electrons. The van der Waals surface area contributed by atoms with E-state index in [9.17, 15) is 0 Å². The number of benzene rings is 8. The highest BCUT2D eigenvalue weighted by Crippen LogP contribution is 2.42. The van der Waals surface area contributed by atoms with Crippen molar-refractivity contribution >= 4 is 85.8 Å². The van der Waals surface area contributed by atoms with E-state index in [4.69, 9.17) is 19.4 Å². The maximum absolute atomic E-state index is 6.31. The minimum absolute atomic E-state index is 0.600. The van der Waals surface area contributed by atoms with Crippen molar-refractivity contribution in [3.8, 4) is 45.3 Å². The quantitative estimate of drug-likeness (QED) is 0.169. The molecule has 0 aliphatic rings. The Hall–Kier alpha value is -7.28. The van der Waals surface area contributed by atoms with Gasteiger partial charge in [-0.05, 0) is 74.5 Å². The molecule has 12 aromatic rings. The molecule has 0 aliphatic heterocycles. The molecule has 12 rings (SSSR count). The predicted molar refractivity (Wildman–Crippen MR) is 232 cm³/mol. The van der Waals surface area contributed by atoms with Gasteiger partial charge in [0.05, 0.1) is 0 Å². The van der Waals surface area contributed by atoms with E-state index in [1.807, 2.05) is 42.7 Å². The van der Waals surface area contributed by atoms with Crippen molar-refractivity contribution < 1.29 is 4.42 Å². The summed E-state index contributed by atoms with van der Waals surface area (Å²) < 4.78 is 8.74. The number of para-hydroxylation sites is 1. The van der Waals surface area contributed by atoms with Gasteiger partial charge in [0.25, 0.3) is 0 Å². The van der Waals surface area contributed by atoms with E-state index in [2.05, 4.69) is 132 Å². The first kappa shape index (κ1) is 31.1. The number of fused-ring (bicyclic) bond motifs is 11. The van der Waals surface area contributed by atoms with Crippen molar-refractivity contribution in [2.24, 2.45) is 0 Å². The van der Waals surface area contributed by atoms with Gasteiger partial charge >= 0.3 is 0 Å². The van der Waals surface area contributed by atoms with Crippen LogP contribution in [0, 0.1) is 0 Å². The molecule has 4 aromatic heterocycles. The van der Waals surface area contributed by atoms with Gasteiger partial charge in [0, 0.05) is 65.4 Å². The molecule has 4 heterocycles. The molecule has 0 amide bonds. The molecule has 8 aromatic carbocycles. The van der Waals surface area contributed by atoms with Gasteiger partial charge in [0.1, 0.15) is 11.2 Å². The topological polar surface area (TPSA) is 64.7 Å². The Bertz CT molecular complexity index is 3420. The number of furan rings is 1. The molecule has 0 spiro atoms. The lowest BCUT2D eigenvalue weighted by Gasteiger charge is -2.14. The monoisotopic (exact) mass is 732 g/mol. The van der Waals surface area contributed by atoms with E-state index in [1.54, 1.807) is 11.3 Å². The molecule has 0 N–H and O–H groups in total. The van der Waals surface area contributed by atoms with Crippen molar-refractivity contribution in [2.45, 2.75) is 0 Å². The molecular formula is C50H28N4OS. The van der Waals surface area contributed by atoms with Gasteiger partial charge in [-0.1, -0.05) is 121 Å². The minimum Gasteiger partial charge on any atom is -0.456 e. The molecule has 0 unspecified atom stereocenters. The van der Waals surface area contributed by atoms with Crippen LogP contribution in [0.15, 0.2) is 175 Å². The fourth-order valence-electron chi connectivity index (χ4n) is 8.46. The smallest absolute Gasteiger partial charge is 0.164 e. The van der Waals surface area contributed by atoms with Crippen LogP contribution in [0.2, 0.25) is 0 Å². The summed E-state index contributed by atoms with van der Waals surface area (Å²) in [6.07, 6.45) is 3.84. The zero-order chi connectivity index (χ0) is 36.7. The van der Waals surface area contributed by atoms with Crippen LogP contribution in [0.25, 0.3) is 120 Å². The second-order valence-electron chi connectivity index (χ2n) is 14.2. The average Bonchev–Trinajstić information content (AvgIpc) is 3.85. The van der Waals surface area contributed by atoms with Crippen LogP contribution in [0.1, 0.15) is 0 Å². The van der Waals surface area contributed by atoms with E-state index in [0.717, 1.165) is 60.4 Å². The van der Waals surface area contributed by atoms with Crippen LogP contribution in [-0.2, 0) is 0 Å². The maximum Gasteiger partial charge on any atom is 0.164 e. The lowest BCUT2D eigenvalue weighted by atomic mass is 9.90. The first-order chi connectivity index (χ1) is 27.7. The molecule has 0 aliphatic carbocycles. The number of nitrogens with zero attached hydrogens (tertiary/aromatic N) is 4. The van der Waals surface area contributed by atoms with Gasteiger partial charge < -0.3 is 4.42 Å². The molecule has 6 heteroatoms. The third kappa shape index (κ3) is 4.73. The van der Waals surface area contributed by atoms with Crippen LogP contribution in [0.5, 0.6) is 0 Å². The summed E-state index contributed by atoms with van der Waals surface area (Å²) >= 11 is 1.79. The highest BCUT2D eigenvalue weighted by molar-refractivity contribution is 7.25. The normalized spacial score (nSPS) is 11.9. The molecule has 260 valence electrons. The molecule has 0 atom stereocenters. The van der Waals surface area contributed by atoms with Gasteiger partial charge in [-0.2, -0.15) is 0 Å². The van der Waals surface area contributed by atoms with E-state index in [1.165, 1.54) is 41.9 Å². The fourth-order valence-corrected chi connectivity index (χ4v) is 9.60. The van der Waals surface area contributed by atoms with Crippen LogP contribution in [-0.4, -0.2) is 19.9 Å². The van der Waals surface area contributed by atoms with Crippen molar-refractivity contribution in [1.82, 2.24) is 19.9 Å². The first-order valence-corrected chi connectivity index (χ1v) is 19.4. The Kier molecular flexibility index (Phi) is 6.73. The predicted octanol–water partition coefficient (Wildman–Crippen LogP) is 13.7. The Morgan fingerprint density at radius 1 is 0.393 bits per heavy atom. The van der Waals surface area contributed by atoms with E-state index in [0.29, 0.717) is 17.5 Å². The van der Waals surface area contributed by atoms with Gasteiger partial charge in [0.15, 0.2) is 17.5 Å². The molecule has 5 nitrogen and oxygen atoms in total. The zero-order valence-electron chi connectivity index (χ0n) is 29.8.